The largest absolute Gasteiger partial charge is 0.361 e. The first-order chi connectivity index (χ1) is 5.16. The number of hydrogen-bond acceptors (Lipinski definition) is 2. The first kappa shape index (κ1) is 9.03. The van der Waals surface area contributed by atoms with Gasteiger partial charge in [-0.2, -0.15) is 0 Å². The number of rotatable bonds is 2. The highest BCUT2D eigenvalue weighted by Crippen LogP contribution is 2.26. The van der Waals surface area contributed by atoms with E-state index in [1.165, 1.54) is 5.56 Å². The second-order valence-corrected chi connectivity index (χ2v) is 4.44. The van der Waals surface area contributed by atoms with Crippen molar-refractivity contribution in [3.63, 3.8) is 0 Å². The lowest BCUT2D eigenvalue weighted by Gasteiger charge is -1.99. The van der Waals surface area contributed by atoms with Gasteiger partial charge < -0.3 is 4.52 Å². The van der Waals surface area contributed by atoms with E-state index in [-0.39, 0.29) is 0 Å². The average molecular weight is 265 g/mol. The maximum Gasteiger partial charge on any atom is 0.137 e. The van der Waals surface area contributed by atoms with Crippen LogP contribution in [0, 0.1) is 6.92 Å². The van der Waals surface area contributed by atoms with Crippen molar-refractivity contribution in [3.05, 3.63) is 17.0 Å². The summed E-state index contributed by atoms with van der Waals surface area (Å²) in [6, 6.07) is 0. The predicted octanol–water partition coefficient (Wildman–Crippen LogP) is 3.04. The van der Waals surface area contributed by atoms with Crippen molar-refractivity contribution in [2.45, 2.75) is 31.1 Å². The van der Waals surface area contributed by atoms with E-state index in [9.17, 15) is 0 Å². The van der Waals surface area contributed by atoms with Crippen LogP contribution in [0.15, 0.2) is 4.52 Å². The van der Waals surface area contributed by atoms with Gasteiger partial charge >= 0.3 is 0 Å². The molecule has 0 aromatic carbocycles. The monoisotopic (exact) mass is 265 g/mol. The van der Waals surface area contributed by atoms with E-state index in [1.807, 2.05) is 6.92 Å². The highest BCUT2D eigenvalue weighted by molar-refractivity contribution is 14.1. The van der Waals surface area contributed by atoms with Crippen LogP contribution in [0.3, 0.4) is 0 Å². The zero-order valence-corrected chi connectivity index (χ0v) is 9.18. The van der Waals surface area contributed by atoms with E-state index in [0.717, 1.165) is 17.9 Å². The molecule has 1 rings (SSSR count). The van der Waals surface area contributed by atoms with Crippen LogP contribution in [0.2, 0.25) is 0 Å². The number of halogens is 1. The van der Waals surface area contributed by atoms with Crippen molar-refractivity contribution in [1.29, 1.82) is 0 Å². The fourth-order valence-corrected chi connectivity index (χ4v) is 1.64. The Labute approximate surface area is 80.5 Å². The van der Waals surface area contributed by atoms with E-state index in [4.69, 9.17) is 4.52 Å². The average Bonchev–Trinajstić information content (AvgIpc) is 2.30. The Morgan fingerprint density at radius 1 is 1.64 bits per heavy atom. The Bertz CT molecular complexity index is 242. The molecule has 3 heteroatoms. The molecule has 2 nitrogen and oxygen atoms in total. The Morgan fingerprint density at radius 2 is 2.27 bits per heavy atom. The number of nitrogens with zero attached hydrogens (tertiary/aromatic N) is 1. The van der Waals surface area contributed by atoms with Crippen LogP contribution in [0.25, 0.3) is 0 Å². The van der Waals surface area contributed by atoms with Crippen LogP contribution in [0.1, 0.15) is 34.8 Å². The highest BCUT2D eigenvalue weighted by Gasteiger charge is 2.14. The van der Waals surface area contributed by atoms with E-state index < -0.39 is 0 Å². The van der Waals surface area contributed by atoms with Crippen LogP contribution >= 0.6 is 22.6 Å². The van der Waals surface area contributed by atoms with Crippen LogP contribution in [-0.4, -0.2) is 5.16 Å². The number of alkyl halides is 1. The van der Waals surface area contributed by atoms with Gasteiger partial charge in [0.2, 0.25) is 0 Å². The van der Waals surface area contributed by atoms with Gasteiger partial charge in [-0.1, -0.05) is 34.7 Å². The third-order valence-electron chi connectivity index (χ3n) is 1.75. The summed E-state index contributed by atoms with van der Waals surface area (Å²) in [6.07, 6.45) is 1.01. The highest BCUT2D eigenvalue weighted by atomic mass is 127. The molecular weight excluding hydrogens is 253 g/mol. The Hall–Kier alpha value is -0.0600. The second kappa shape index (κ2) is 3.56. The lowest BCUT2D eigenvalue weighted by atomic mass is 10.1. The third-order valence-corrected chi connectivity index (χ3v) is 2.34. The fourth-order valence-electron chi connectivity index (χ4n) is 1.15. The van der Waals surface area contributed by atoms with Crippen molar-refractivity contribution in [2.75, 3.05) is 0 Å². The molecule has 1 aromatic rings. The summed E-state index contributed by atoms with van der Waals surface area (Å²) in [4.78, 5) is 0. The summed E-state index contributed by atoms with van der Waals surface area (Å²) in [6.45, 7) is 6.22. The minimum absolute atomic E-state index is 0.444. The van der Waals surface area contributed by atoms with Gasteiger partial charge in [0.1, 0.15) is 5.76 Å². The van der Waals surface area contributed by atoms with Gasteiger partial charge in [-0.3, -0.25) is 0 Å². The molecule has 0 aliphatic carbocycles. The molecule has 11 heavy (non-hydrogen) atoms. The van der Waals surface area contributed by atoms with Crippen molar-refractivity contribution in [1.82, 2.24) is 5.16 Å². The molecule has 0 aliphatic heterocycles. The maximum absolute atomic E-state index is 5.09. The zero-order chi connectivity index (χ0) is 8.43. The molecule has 0 spiro atoms. The Balaban J connectivity index is 3.05. The van der Waals surface area contributed by atoms with Gasteiger partial charge in [0.05, 0.1) is 9.62 Å². The minimum Gasteiger partial charge on any atom is -0.361 e. The molecule has 0 saturated carbocycles. The van der Waals surface area contributed by atoms with Gasteiger partial charge in [-0.25, -0.2) is 0 Å². The molecule has 0 saturated heterocycles. The minimum atomic E-state index is 0.444. The van der Waals surface area contributed by atoms with Gasteiger partial charge in [-0.05, 0) is 20.3 Å². The molecule has 1 unspecified atom stereocenters. The van der Waals surface area contributed by atoms with Crippen LogP contribution in [-0.2, 0) is 6.42 Å². The van der Waals surface area contributed by atoms with E-state index in [1.54, 1.807) is 0 Å². The van der Waals surface area contributed by atoms with Gasteiger partial charge in [0.25, 0.3) is 0 Å². The normalized spacial score (nSPS) is 13.5. The third kappa shape index (κ3) is 1.75. The summed E-state index contributed by atoms with van der Waals surface area (Å²) in [5.74, 6) is 0.964. The quantitative estimate of drug-likeness (QED) is 0.606. The fraction of sp³-hybridized carbons (Fsp3) is 0.625. The summed E-state index contributed by atoms with van der Waals surface area (Å²) < 4.78 is 5.54. The molecular formula is C8H12INO. The van der Waals surface area contributed by atoms with Crippen molar-refractivity contribution < 1.29 is 4.52 Å². The Kier molecular flexibility index (Phi) is 2.92. The van der Waals surface area contributed by atoms with Crippen molar-refractivity contribution in [2.24, 2.45) is 0 Å². The van der Waals surface area contributed by atoms with Crippen LogP contribution in [0.4, 0.5) is 0 Å². The molecule has 62 valence electrons. The van der Waals surface area contributed by atoms with Crippen LogP contribution < -0.4 is 0 Å². The summed E-state index contributed by atoms with van der Waals surface area (Å²) in [7, 11) is 0. The molecule has 0 fully saturated rings. The molecule has 0 amide bonds. The lowest BCUT2D eigenvalue weighted by molar-refractivity contribution is 0.390. The van der Waals surface area contributed by atoms with Crippen molar-refractivity contribution >= 4 is 22.6 Å². The molecule has 1 atom stereocenters. The van der Waals surface area contributed by atoms with E-state index >= 15 is 0 Å². The maximum atomic E-state index is 5.09. The molecule has 0 radical (unpaired) electrons. The SMILES string of the molecule is CCc1c(C(C)I)noc1C. The number of aryl methyl sites for hydroxylation is 1. The standard InChI is InChI=1S/C8H12INO/c1-4-7-6(3)11-10-8(7)5(2)9/h5H,4H2,1-3H3. The van der Waals surface area contributed by atoms with Gasteiger partial charge in [0.15, 0.2) is 0 Å². The predicted molar refractivity (Wildman–Crippen MR) is 53.1 cm³/mol. The topological polar surface area (TPSA) is 26.0 Å². The van der Waals surface area contributed by atoms with Crippen molar-refractivity contribution in [3.8, 4) is 0 Å². The first-order valence-corrected chi connectivity index (χ1v) is 5.00. The van der Waals surface area contributed by atoms with Gasteiger partial charge in [0, 0.05) is 5.56 Å². The summed E-state index contributed by atoms with van der Waals surface area (Å²) in [5.41, 5.74) is 2.37. The number of hydrogen-bond donors (Lipinski definition) is 0. The molecule has 1 aromatic heterocycles. The summed E-state index contributed by atoms with van der Waals surface area (Å²) >= 11 is 2.35. The smallest absolute Gasteiger partial charge is 0.137 e. The number of aromatic nitrogens is 1. The van der Waals surface area contributed by atoms with E-state index in [0.29, 0.717) is 3.92 Å². The molecule has 0 N–H and O–H groups in total. The molecule has 1 heterocycles. The lowest BCUT2D eigenvalue weighted by Crippen LogP contribution is -1.90. The Morgan fingerprint density at radius 3 is 2.64 bits per heavy atom. The summed E-state index contributed by atoms with van der Waals surface area (Å²) in [5, 5.41) is 4.00. The van der Waals surface area contributed by atoms with Gasteiger partial charge in [-0.15, -0.1) is 0 Å². The van der Waals surface area contributed by atoms with E-state index in [2.05, 4.69) is 41.6 Å². The second-order valence-electron chi connectivity index (χ2n) is 2.57. The molecule has 0 aliphatic rings. The van der Waals surface area contributed by atoms with Crippen LogP contribution in [0.5, 0.6) is 0 Å². The first-order valence-electron chi connectivity index (χ1n) is 3.76. The molecule has 0 bridgehead atoms. The zero-order valence-electron chi connectivity index (χ0n) is 7.02.